The lowest BCUT2D eigenvalue weighted by molar-refractivity contribution is 0.729. The zero-order valence-electron chi connectivity index (χ0n) is 12.1. The highest BCUT2D eigenvalue weighted by Crippen LogP contribution is 2.41. The van der Waals surface area contributed by atoms with Gasteiger partial charge in [-0.1, -0.05) is 6.07 Å². The Kier molecular flexibility index (Phi) is 2.70. The summed E-state index contributed by atoms with van der Waals surface area (Å²) in [4.78, 5) is 9.43. The highest BCUT2D eigenvalue weighted by molar-refractivity contribution is 5.80. The van der Waals surface area contributed by atoms with Crippen molar-refractivity contribution in [2.24, 2.45) is 0 Å². The molecule has 4 heteroatoms. The minimum atomic E-state index is 0.600. The number of nitrogen functional groups attached to an aromatic ring is 1. The van der Waals surface area contributed by atoms with Gasteiger partial charge in [0.25, 0.3) is 0 Å². The van der Waals surface area contributed by atoms with Crippen LogP contribution < -0.4 is 5.73 Å². The third kappa shape index (κ3) is 2.27. The molecule has 0 bridgehead atoms. The molecule has 0 saturated heterocycles. The van der Waals surface area contributed by atoms with Crippen molar-refractivity contribution < 1.29 is 0 Å². The standard InChI is InChI=1S/C17H18N4/c1-11-3-2-4-14(19-11)10-21-16-8-7-13(18)9-15(16)20-17(21)12-5-6-12/h2-4,7-9,12H,5-6,10,18H2,1H3. The number of aromatic nitrogens is 3. The van der Waals surface area contributed by atoms with Crippen molar-refractivity contribution in [1.29, 1.82) is 0 Å². The Morgan fingerprint density at radius 2 is 2.05 bits per heavy atom. The summed E-state index contributed by atoms with van der Waals surface area (Å²) >= 11 is 0. The highest BCUT2D eigenvalue weighted by atomic mass is 15.1. The number of rotatable bonds is 3. The number of aryl methyl sites for hydroxylation is 1. The van der Waals surface area contributed by atoms with Crippen molar-refractivity contribution in [2.45, 2.75) is 32.2 Å². The minimum Gasteiger partial charge on any atom is -0.399 e. The average Bonchev–Trinajstić information content (AvgIpc) is 3.23. The third-order valence-corrected chi connectivity index (χ3v) is 4.01. The molecule has 1 aliphatic rings. The van der Waals surface area contributed by atoms with Crippen molar-refractivity contribution >= 4 is 16.7 Å². The number of nitrogens with two attached hydrogens (primary N) is 1. The van der Waals surface area contributed by atoms with E-state index in [1.165, 1.54) is 18.7 Å². The maximum Gasteiger partial charge on any atom is 0.113 e. The Bertz CT molecular complexity index is 815. The molecule has 0 amide bonds. The topological polar surface area (TPSA) is 56.7 Å². The van der Waals surface area contributed by atoms with E-state index in [4.69, 9.17) is 10.7 Å². The summed E-state index contributed by atoms with van der Waals surface area (Å²) in [6.45, 7) is 2.80. The fourth-order valence-electron chi connectivity index (χ4n) is 2.83. The second-order valence-electron chi connectivity index (χ2n) is 5.85. The van der Waals surface area contributed by atoms with Crippen LogP contribution >= 0.6 is 0 Å². The monoisotopic (exact) mass is 278 g/mol. The lowest BCUT2D eigenvalue weighted by Crippen LogP contribution is -2.06. The molecule has 0 radical (unpaired) electrons. The Morgan fingerprint density at radius 1 is 1.19 bits per heavy atom. The lowest BCUT2D eigenvalue weighted by atomic mass is 10.2. The van der Waals surface area contributed by atoms with E-state index in [0.29, 0.717) is 5.92 Å². The van der Waals surface area contributed by atoms with Gasteiger partial charge in [0.2, 0.25) is 0 Å². The fraction of sp³-hybridized carbons (Fsp3) is 0.294. The van der Waals surface area contributed by atoms with Crippen molar-refractivity contribution in [3.8, 4) is 0 Å². The first-order valence-electron chi connectivity index (χ1n) is 7.39. The van der Waals surface area contributed by atoms with Crippen LogP contribution in [0, 0.1) is 6.92 Å². The van der Waals surface area contributed by atoms with Gasteiger partial charge in [0, 0.05) is 17.3 Å². The molecule has 0 atom stereocenters. The van der Waals surface area contributed by atoms with Crippen molar-refractivity contribution in [1.82, 2.24) is 14.5 Å². The van der Waals surface area contributed by atoms with Crippen LogP contribution in [0.2, 0.25) is 0 Å². The van der Waals surface area contributed by atoms with Crippen LogP contribution in [0.1, 0.15) is 36.0 Å². The number of fused-ring (bicyclic) bond motifs is 1. The molecule has 0 spiro atoms. The van der Waals surface area contributed by atoms with E-state index in [9.17, 15) is 0 Å². The first kappa shape index (κ1) is 12.4. The molecular weight excluding hydrogens is 260 g/mol. The molecule has 2 N–H and O–H groups in total. The molecule has 1 aliphatic carbocycles. The summed E-state index contributed by atoms with van der Waals surface area (Å²) in [6, 6.07) is 12.1. The van der Waals surface area contributed by atoms with E-state index in [2.05, 4.69) is 27.8 Å². The normalized spacial score (nSPS) is 14.7. The van der Waals surface area contributed by atoms with E-state index in [0.717, 1.165) is 34.7 Å². The number of pyridine rings is 1. The molecular formula is C17H18N4. The zero-order chi connectivity index (χ0) is 14.4. The molecule has 2 aromatic heterocycles. The Hall–Kier alpha value is -2.36. The van der Waals surface area contributed by atoms with Gasteiger partial charge in [-0.2, -0.15) is 0 Å². The Morgan fingerprint density at radius 3 is 2.81 bits per heavy atom. The van der Waals surface area contributed by atoms with Crippen LogP contribution in [-0.4, -0.2) is 14.5 Å². The largest absolute Gasteiger partial charge is 0.399 e. The van der Waals surface area contributed by atoms with E-state index in [-0.39, 0.29) is 0 Å². The molecule has 2 heterocycles. The van der Waals surface area contributed by atoms with Gasteiger partial charge in [0.05, 0.1) is 23.3 Å². The predicted molar refractivity (Wildman–Crippen MR) is 84.2 cm³/mol. The van der Waals surface area contributed by atoms with Gasteiger partial charge in [-0.15, -0.1) is 0 Å². The van der Waals surface area contributed by atoms with Gasteiger partial charge >= 0.3 is 0 Å². The number of imidazole rings is 1. The number of hydrogen-bond acceptors (Lipinski definition) is 3. The molecule has 1 fully saturated rings. The van der Waals surface area contributed by atoms with Gasteiger partial charge in [0.1, 0.15) is 5.82 Å². The van der Waals surface area contributed by atoms with Gasteiger partial charge in [-0.05, 0) is 50.1 Å². The predicted octanol–water partition coefficient (Wildman–Crippen LogP) is 3.25. The molecule has 1 aromatic carbocycles. The summed E-state index contributed by atoms with van der Waals surface area (Å²) in [6.07, 6.45) is 2.47. The number of nitrogens with zero attached hydrogens (tertiary/aromatic N) is 3. The smallest absolute Gasteiger partial charge is 0.113 e. The summed E-state index contributed by atoms with van der Waals surface area (Å²) in [5, 5.41) is 0. The average molecular weight is 278 g/mol. The van der Waals surface area contributed by atoms with Gasteiger partial charge in [0.15, 0.2) is 0 Å². The molecule has 0 aliphatic heterocycles. The summed E-state index contributed by atoms with van der Waals surface area (Å²) in [7, 11) is 0. The SMILES string of the molecule is Cc1cccc(Cn2c(C3CC3)nc3cc(N)ccc32)n1. The van der Waals surface area contributed by atoms with E-state index < -0.39 is 0 Å². The van der Waals surface area contributed by atoms with Gasteiger partial charge in [-0.3, -0.25) is 4.98 Å². The van der Waals surface area contributed by atoms with Crippen LogP contribution in [0.5, 0.6) is 0 Å². The zero-order valence-corrected chi connectivity index (χ0v) is 12.1. The molecule has 0 unspecified atom stereocenters. The summed E-state index contributed by atoms with van der Waals surface area (Å²) < 4.78 is 2.30. The van der Waals surface area contributed by atoms with Crippen LogP contribution in [0.3, 0.4) is 0 Å². The van der Waals surface area contributed by atoms with Gasteiger partial charge < -0.3 is 10.3 Å². The second-order valence-corrected chi connectivity index (χ2v) is 5.85. The van der Waals surface area contributed by atoms with Gasteiger partial charge in [-0.25, -0.2) is 4.98 Å². The van der Waals surface area contributed by atoms with Crippen LogP contribution in [0.15, 0.2) is 36.4 Å². The fourth-order valence-corrected chi connectivity index (χ4v) is 2.83. The maximum atomic E-state index is 5.89. The summed E-state index contributed by atoms with van der Waals surface area (Å²) in [5.41, 5.74) is 10.9. The molecule has 4 rings (SSSR count). The van der Waals surface area contributed by atoms with Crippen molar-refractivity contribution in [2.75, 3.05) is 5.73 Å². The summed E-state index contributed by atoms with van der Waals surface area (Å²) in [5.74, 6) is 1.78. The quantitative estimate of drug-likeness (QED) is 0.748. The van der Waals surface area contributed by atoms with Crippen molar-refractivity contribution in [3.63, 3.8) is 0 Å². The molecule has 1 saturated carbocycles. The van der Waals surface area contributed by atoms with Crippen molar-refractivity contribution in [3.05, 3.63) is 53.6 Å². The first-order chi connectivity index (χ1) is 10.2. The van der Waals surface area contributed by atoms with Crippen LogP contribution in [-0.2, 0) is 6.54 Å². The number of benzene rings is 1. The minimum absolute atomic E-state index is 0.600. The van der Waals surface area contributed by atoms with E-state index in [1.807, 2.05) is 25.1 Å². The highest BCUT2D eigenvalue weighted by Gasteiger charge is 2.29. The molecule has 4 nitrogen and oxygen atoms in total. The Labute approximate surface area is 123 Å². The van der Waals surface area contributed by atoms with E-state index >= 15 is 0 Å². The second kappa shape index (κ2) is 4.58. The number of anilines is 1. The molecule has 3 aromatic rings. The third-order valence-electron chi connectivity index (χ3n) is 4.01. The molecule has 106 valence electrons. The van der Waals surface area contributed by atoms with Crippen LogP contribution in [0.4, 0.5) is 5.69 Å². The molecule has 21 heavy (non-hydrogen) atoms. The van der Waals surface area contributed by atoms with Crippen LogP contribution in [0.25, 0.3) is 11.0 Å². The Balaban J connectivity index is 1.84. The number of hydrogen-bond donors (Lipinski definition) is 1. The lowest BCUT2D eigenvalue weighted by Gasteiger charge is -2.09. The van der Waals surface area contributed by atoms with E-state index in [1.54, 1.807) is 0 Å². The first-order valence-corrected chi connectivity index (χ1v) is 7.39. The maximum absolute atomic E-state index is 5.89.